The second-order valence-electron chi connectivity index (χ2n) is 7.90. The van der Waals surface area contributed by atoms with Gasteiger partial charge in [0.15, 0.2) is 0 Å². The number of benzene rings is 1. The fraction of sp³-hybridized carbons (Fsp3) is 0.684. The topological polar surface area (TPSA) is 12.0 Å². The van der Waals surface area contributed by atoms with Gasteiger partial charge in [-0.05, 0) is 41.7 Å². The Morgan fingerprint density at radius 3 is 1.85 bits per heavy atom. The van der Waals surface area contributed by atoms with Crippen molar-refractivity contribution in [1.29, 1.82) is 0 Å². The lowest BCUT2D eigenvalue weighted by Crippen LogP contribution is -2.25. The van der Waals surface area contributed by atoms with Crippen molar-refractivity contribution < 1.29 is 0 Å². The molecule has 0 saturated heterocycles. The fourth-order valence-electron chi connectivity index (χ4n) is 2.84. The zero-order valence-electron chi connectivity index (χ0n) is 14.5. The fourth-order valence-corrected chi connectivity index (χ4v) is 2.84. The SMILES string of the molecule is CC(C)CC(CC(C)C)Nc1ccccc1C(C)(C)C. The molecule has 0 radical (unpaired) electrons. The molecular formula is C19H33N. The minimum atomic E-state index is 0.184. The molecule has 0 spiro atoms. The quantitative estimate of drug-likeness (QED) is 0.686. The highest BCUT2D eigenvalue weighted by Crippen LogP contribution is 2.30. The highest BCUT2D eigenvalue weighted by molar-refractivity contribution is 5.54. The third-order valence-corrected chi connectivity index (χ3v) is 3.61. The predicted molar refractivity (Wildman–Crippen MR) is 91.5 cm³/mol. The smallest absolute Gasteiger partial charge is 0.0380 e. The number of hydrogen-bond donors (Lipinski definition) is 1. The zero-order chi connectivity index (χ0) is 15.3. The van der Waals surface area contributed by atoms with Gasteiger partial charge in [-0.15, -0.1) is 0 Å². The summed E-state index contributed by atoms with van der Waals surface area (Å²) in [6.45, 7) is 16.1. The van der Waals surface area contributed by atoms with Crippen LogP contribution in [0.1, 0.15) is 66.9 Å². The molecule has 0 heterocycles. The number of rotatable bonds is 6. The molecule has 0 aliphatic rings. The molecule has 114 valence electrons. The molecule has 1 rings (SSSR count). The largest absolute Gasteiger partial charge is 0.382 e. The highest BCUT2D eigenvalue weighted by atomic mass is 14.9. The van der Waals surface area contributed by atoms with Crippen LogP contribution < -0.4 is 5.32 Å². The van der Waals surface area contributed by atoms with Crippen LogP contribution in [0, 0.1) is 11.8 Å². The Morgan fingerprint density at radius 1 is 0.900 bits per heavy atom. The molecule has 0 aliphatic carbocycles. The summed E-state index contributed by atoms with van der Waals surface area (Å²) < 4.78 is 0. The molecule has 0 bridgehead atoms. The standard InChI is InChI=1S/C19H33N/c1-14(2)12-16(13-15(3)4)20-18-11-9-8-10-17(18)19(5,6)7/h8-11,14-16,20H,12-13H2,1-7H3. The molecule has 0 aliphatic heterocycles. The molecular weight excluding hydrogens is 242 g/mol. The Hall–Kier alpha value is -0.980. The lowest BCUT2D eigenvalue weighted by Gasteiger charge is -2.28. The zero-order valence-corrected chi connectivity index (χ0v) is 14.5. The summed E-state index contributed by atoms with van der Waals surface area (Å²) in [5.74, 6) is 1.46. The molecule has 0 saturated carbocycles. The third kappa shape index (κ3) is 5.56. The molecule has 0 atom stereocenters. The molecule has 1 N–H and O–H groups in total. The normalized spacial score (nSPS) is 12.5. The average Bonchev–Trinajstić information content (AvgIpc) is 2.26. The van der Waals surface area contributed by atoms with E-state index in [4.69, 9.17) is 0 Å². The summed E-state index contributed by atoms with van der Waals surface area (Å²) in [6, 6.07) is 9.34. The van der Waals surface area contributed by atoms with Gasteiger partial charge in [-0.1, -0.05) is 66.7 Å². The van der Waals surface area contributed by atoms with Crippen LogP contribution in [0.4, 0.5) is 5.69 Å². The Kier molecular flexibility index (Phi) is 6.10. The van der Waals surface area contributed by atoms with Crippen LogP contribution in [0.15, 0.2) is 24.3 Å². The maximum absolute atomic E-state index is 3.82. The van der Waals surface area contributed by atoms with E-state index in [0.717, 1.165) is 11.8 Å². The first-order valence-corrected chi connectivity index (χ1v) is 8.06. The van der Waals surface area contributed by atoms with Crippen molar-refractivity contribution in [3.8, 4) is 0 Å². The first kappa shape index (κ1) is 17.1. The summed E-state index contributed by atoms with van der Waals surface area (Å²) >= 11 is 0. The van der Waals surface area contributed by atoms with Gasteiger partial charge in [-0.25, -0.2) is 0 Å². The molecule has 0 aromatic heterocycles. The van der Waals surface area contributed by atoms with Crippen LogP contribution in [0.25, 0.3) is 0 Å². The predicted octanol–water partition coefficient (Wildman–Crippen LogP) is 5.86. The van der Waals surface area contributed by atoms with Gasteiger partial charge in [-0.2, -0.15) is 0 Å². The molecule has 1 aromatic carbocycles. The van der Waals surface area contributed by atoms with E-state index >= 15 is 0 Å². The van der Waals surface area contributed by atoms with Crippen molar-refractivity contribution in [3.05, 3.63) is 29.8 Å². The van der Waals surface area contributed by atoms with Gasteiger partial charge in [0.2, 0.25) is 0 Å². The average molecular weight is 275 g/mol. The highest BCUT2D eigenvalue weighted by Gasteiger charge is 2.20. The molecule has 1 nitrogen and oxygen atoms in total. The van der Waals surface area contributed by atoms with Crippen LogP contribution in [-0.4, -0.2) is 6.04 Å². The van der Waals surface area contributed by atoms with Gasteiger partial charge in [0.05, 0.1) is 0 Å². The Balaban J connectivity index is 2.93. The Morgan fingerprint density at radius 2 is 1.40 bits per heavy atom. The summed E-state index contributed by atoms with van der Waals surface area (Å²) in [7, 11) is 0. The second kappa shape index (κ2) is 7.15. The Labute approximate surface area is 126 Å². The number of anilines is 1. The lowest BCUT2D eigenvalue weighted by atomic mass is 9.85. The van der Waals surface area contributed by atoms with E-state index in [0.29, 0.717) is 6.04 Å². The van der Waals surface area contributed by atoms with Crippen LogP contribution >= 0.6 is 0 Å². The van der Waals surface area contributed by atoms with E-state index in [2.05, 4.69) is 78.0 Å². The van der Waals surface area contributed by atoms with Gasteiger partial charge in [0, 0.05) is 11.7 Å². The monoisotopic (exact) mass is 275 g/mol. The van der Waals surface area contributed by atoms with E-state index < -0.39 is 0 Å². The van der Waals surface area contributed by atoms with Gasteiger partial charge >= 0.3 is 0 Å². The van der Waals surface area contributed by atoms with E-state index in [9.17, 15) is 0 Å². The molecule has 1 heteroatoms. The van der Waals surface area contributed by atoms with Crippen molar-refractivity contribution in [3.63, 3.8) is 0 Å². The van der Waals surface area contributed by atoms with Gasteiger partial charge in [0.25, 0.3) is 0 Å². The van der Waals surface area contributed by atoms with Crippen molar-refractivity contribution in [2.75, 3.05) is 5.32 Å². The number of para-hydroxylation sites is 1. The van der Waals surface area contributed by atoms with Crippen molar-refractivity contribution in [2.24, 2.45) is 11.8 Å². The van der Waals surface area contributed by atoms with E-state index in [1.807, 2.05) is 0 Å². The third-order valence-electron chi connectivity index (χ3n) is 3.61. The van der Waals surface area contributed by atoms with Crippen molar-refractivity contribution in [2.45, 2.75) is 72.8 Å². The lowest BCUT2D eigenvalue weighted by molar-refractivity contribution is 0.441. The van der Waals surface area contributed by atoms with Crippen LogP contribution in [0.5, 0.6) is 0 Å². The van der Waals surface area contributed by atoms with Crippen LogP contribution in [0.2, 0.25) is 0 Å². The van der Waals surface area contributed by atoms with E-state index in [1.54, 1.807) is 0 Å². The van der Waals surface area contributed by atoms with E-state index in [1.165, 1.54) is 24.1 Å². The maximum atomic E-state index is 3.82. The molecule has 0 amide bonds. The van der Waals surface area contributed by atoms with Crippen LogP contribution in [-0.2, 0) is 5.41 Å². The van der Waals surface area contributed by atoms with Gasteiger partial charge < -0.3 is 5.32 Å². The molecule has 1 aromatic rings. The molecule has 0 fully saturated rings. The molecule has 0 unspecified atom stereocenters. The van der Waals surface area contributed by atoms with Crippen LogP contribution in [0.3, 0.4) is 0 Å². The summed E-state index contributed by atoms with van der Waals surface area (Å²) in [5, 5.41) is 3.82. The summed E-state index contributed by atoms with van der Waals surface area (Å²) in [6.07, 6.45) is 2.47. The first-order valence-electron chi connectivity index (χ1n) is 8.06. The van der Waals surface area contributed by atoms with E-state index in [-0.39, 0.29) is 5.41 Å². The van der Waals surface area contributed by atoms with Crippen molar-refractivity contribution >= 4 is 5.69 Å². The number of nitrogens with one attached hydrogen (secondary N) is 1. The molecule has 20 heavy (non-hydrogen) atoms. The summed E-state index contributed by atoms with van der Waals surface area (Å²) in [4.78, 5) is 0. The maximum Gasteiger partial charge on any atom is 0.0380 e. The second-order valence-corrected chi connectivity index (χ2v) is 7.90. The first-order chi connectivity index (χ1) is 9.20. The Bertz CT molecular complexity index is 388. The minimum Gasteiger partial charge on any atom is -0.382 e. The van der Waals surface area contributed by atoms with Crippen molar-refractivity contribution in [1.82, 2.24) is 0 Å². The van der Waals surface area contributed by atoms with Gasteiger partial charge in [0.1, 0.15) is 0 Å². The number of hydrogen-bond acceptors (Lipinski definition) is 1. The van der Waals surface area contributed by atoms with Gasteiger partial charge in [-0.3, -0.25) is 0 Å². The minimum absolute atomic E-state index is 0.184. The summed E-state index contributed by atoms with van der Waals surface area (Å²) in [5.41, 5.74) is 2.91.